The Morgan fingerprint density at radius 3 is 2.59 bits per heavy atom. The van der Waals surface area contributed by atoms with Gasteiger partial charge in [-0.25, -0.2) is 4.79 Å². The molecular formula is C19H24N4O4. The molecule has 0 spiro atoms. The second-order valence-corrected chi connectivity index (χ2v) is 6.37. The molecular weight excluding hydrogens is 348 g/mol. The third-order valence-corrected chi connectivity index (χ3v) is 3.63. The number of ether oxygens (including phenoxy) is 1. The van der Waals surface area contributed by atoms with E-state index < -0.39 is 18.3 Å². The van der Waals surface area contributed by atoms with Gasteiger partial charge in [-0.15, -0.1) is 0 Å². The first-order chi connectivity index (χ1) is 12.9. The number of carbonyl (C=O) groups is 2. The third-order valence-electron chi connectivity index (χ3n) is 3.63. The second-order valence-electron chi connectivity index (χ2n) is 6.37. The van der Waals surface area contributed by atoms with E-state index in [0.29, 0.717) is 18.0 Å². The molecule has 0 saturated carbocycles. The number of nitrogens with zero attached hydrogens (tertiary/aromatic N) is 2. The molecule has 144 valence electrons. The molecule has 0 unspecified atom stereocenters. The molecule has 0 bridgehead atoms. The molecule has 2 rings (SSSR count). The lowest BCUT2D eigenvalue weighted by molar-refractivity contribution is -0.447. The summed E-state index contributed by atoms with van der Waals surface area (Å²) in [5, 5.41) is 22.0. The first-order valence-corrected chi connectivity index (χ1v) is 8.80. The van der Waals surface area contributed by atoms with Crippen molar-refractivity contribution < 1.29 is 19.2 Å². The van der Waals surface area contributed by atoms with Gasteiger partial charge < -0.3 is 20.6 Å². The zero-order valence-corrected chi connectivity index (χ0v) is 15.7. The number of hydrogen-bond donors (Lipinski definition) is 2. The highest BCUT2D eigenvalue weighted by molar-refractivity contribution is 5.90. The predicted molar refractivity (Wildman–Crippen MR) is 99.5 cm³/mol. The van der Waals surface area contributed by atoms with Crippen LogP contribution in [0.25, 0.3) is 5.70 Å². The first-order valence-electron chi connectivity index (χ1n) is 8.80. The number of amides is 1. The number of esters is 1. The van der Waals surface area contributed by atoms with Gasteiger partial charge in [0.2, 0.25) is 5.82 Å². The van der Waals surface area contributed by atoms with Crippen LogP contribution in [0, 0.1) is 11.1 Å². The Labute approximate surface area is 158 Å². The predicted octanol–water partition coefficient (Wildman–Crippen LogP) is 2.84. The number of carbonyl (C=O) groups excluding carboxylic acids is 2. The molecule has 1 aromatic carbocycles. The molecule has 0 radical (unpaired) electrons. The molecule has 1 aromatic rings. The normalized spacial score (nSPS) is 14.4. The van der Waals surface area contributed by atoms with Crippen molar-refractivity contribution in [3.63, 3.8) is 0 Å². The highest BCUT2D eigenvalue weighted by Crippen LogP contribution is 2.22. The Hall–Kier alpha value is -3.16. The van der Waals surface area contributed by atoms with E-state index in [-0.39, 0.29) is 17.3 Å². The molecule has 1 amide bonds. The summed E-state index contributed by atoms with van der Waals surface area (Å²) in [6, 6.07) is 9.70. The number of hydroxylamine groups is 1. The van der Waals surface area contributed by atoms with Crippen molar-refractivity contribution in [1.82, 2.24) is 10.6 Å². The van der Waals surface area contributed by atoms with Crippen LogP contribution in [0.3, 0.4) is 0 Å². The molecule has 27 heavy (non-hydrogen) atoms. The Kier molecular flexibility index (Phi) is 7.10. The lowest BCUT2D eigenvalue weighted by atomic mass is 10.1. The van der Waals surface area contributed by atoms with E-state index in [9.17, 15) is 14.8 Å². The van der Waals surface area contributed by atoms with Crippen LogP contribution in [0.2, 0.25) is 0 Å². The average Bonchev–Trinajstić information content (AvgIpc) is 2.63. The van der Waals surface area contributed by atoms with Crippen LogP contribution in [0.1, 0.15) is 39.2 Å². The van der Waals surface area contributed by atoms with Crippen LogP contribution in [0.4, 0.5) is 0 Å². The zero-order valence-electron chi connectivity index (χ0n) is 15.7. The fraction of sp³-hybridized carbons (Fsp3) is 0.368. The van der Waals surface area contributed by atoms with Crippen LogP contribution < -0.4 is 10.6 Å². The van der Waals surface area contributed by atoms with Gasteiger partial charge in [-0.1, -0.05) is 44.2 Å². The SMILES string of the molecule is CCOC(=O)CC(=O)[N+]([O-])=NC1=C(CC(C)C)NC(c2ccccc2)=CN1. The van der Waals surface area contributed by atoms with Crippen molar-refractivity contribution >= 4 is 17.6 Å². The van der Waals surface area contributed by atoms with E-state index in [1.165, 1.54) is 0 Å². The van der Waals surface area contributed by atoms with Crippen LogP contribution in [-0.2, 0) is 14.3 Å². The lowest BCUT2D eigenvalue weighted by Crippen LogP contribution is -2.27. The van der Waals surface area contributed by atoms with Gasteiger partial charge in [0.05, 0.1) is 18.0 Å². The topological polar surface area (TPSA) is 106 Å². The summed E-state index contributed by atoms with van der Waals surface area (Å²) >= 11 is 0. The maximum atomic E-state index is 12.0. The highest BCUT2D eigenvalue weighted by Gasteiger charge is 2.23. The van der Waals surface area contributed by atoms with Crippen LogP contribution >= 0.6 is 0 Å². The van der Waals surface area contributed by atoms with Crippen molar-refractivity contribution in [3.8, 4) is 0 Å². The molecule has 0 fully saturated rings. The quantitative estimate of drug-likeness (QED) is 0.251. The molecule has 0 saturated heterocycles. The maximum Gasteiger partial charge on any atom is 0.434 e. The lowest BCUT2D eigenvalue weighted by Gasteiger charge is -2.22. The number of rotatable bonds is 7. The smallest absolute Gasteiger partial charge is 0.434 e. The van der Waals surface area contributed by atoms with Crippen molar-refractivity contribution in [2.45, 2.75) is 33.6 Å². The summed E-state index contributed by atoms with van der Waals surface area (Å²) in [5.74, 6) is -1.19. The Morgan fingerprint density at radius 2 is 1.96 bits per heavy atom. The van der Waals surface area contributed by atoms with E-state index >= 15 is 0 Å². The Balaban J connectivity index is 2.20. The van der Waals surface area contributed by atoms with Crippen molar-refractivity contribution in [2.24, 2.45) is 11.0 Å². The molecule has 1 heterocycles. The standard InChI is InChI=1S/C19H24N4O4/c1-4-27-18(25)11-17(24)23(26)22-19-15(10-13(2)3)21-16(12-20-19)14-8-6-5-7-9-14/h5-9,12-13,20-21H,4,10-11H2,1-3H3. The van der Waals surface area contributed by atoms with Gasteiger partial charge in [-0.05, 0) is 29.7 Å². The van der Waals surface area contributed by atoms with Crippen molar-refractivity contribution in [2.75, 3.05) is 6.61 Å². The summed E-state index contributed by atoms with van der Waals surface area (Å²) in [7, 11) is 0. The summed E-state index contributed by atoms with van der Waals surface area (Å²) in [6.07, 6.45) is 1.66. The monoisotopic (exact) mass is 372 g/mol. The molecule has 8 heteroatoms. The number of benzene rings is 1. The summed E-state index contributed by atoms with van der Waals surface area (Å²) < 4.78 is 4.67. The molecule has 2 N–H and O–H groups in total. The van der Waals surface area contributed by atoms with E-state index in [0.717, 1.165) is 11.3 Å². The zero-order chi connectivity index (χ0) is 19.8. The molecule has 1 aliphatic rings. The van der Waals surface area contributed by atoms with E-state index in [4.69, 9.17) is 0 Å². The minimum Gasteiger partial charge on any atom is -0.592 e. The van der Waals surface area contributed by atoms with Gasteiger partial charge in [-0.3, -0.25) is 4.79 Å². The van der Waals surface area contributed by atoms with Gasteiger partial charge in [0.25, 0.3) is 0 Å². The number of nitrogens with one attached hydrogen (secondary N) is 2. The fourth-order valence-corrected chi connectivity index (χ4v) is 2.45. The first kappa shape index (κ1) is 20.2. The van der Waals surface area contributed by atoms with Crippen LogP contribution in [0.15, 0.2) is 53.2 Å². The third kappa shape index (κ3) is 5.95. The van der Waals surface area contributed by atoms with Gasteiger partial charge in [0, 0.05) is 11.3 Å². The molecule has 1 aliphatic heterocycles. The molecule has 0 atom stereocenters. The Bertz CT molecular complexity index is 782. The molecule has 0 aromatic heterocycles. The number of allylic oxidation sites excluding steroid dienone is 1. The minimum atomic E-state index is -0.982. The fourth-order valence-electron chi connectivity index (χ4n) is 2.45. The van der Waals surface area contributed by atoms with Gasteiger partial charge in [-0.2, -0.15) is 0 Å². The van der Waals surface area contributed by atoms with E-state index in [1.807, 2.05) is 44.2 Å². The van der Waals surface area contributed by atoms with Gasteiger partial charge >= 0.3 is 11.9 Å². The highest BCUT2D eigenvalue weighted by atomic mass is 16.5. The summed E-state index contributed by atoms with van der Waals surface area (Å²) in [6.45, 7) is 5.84. The van der Waals surface area contributed by atoms with Crippen LogP contribution in [-0.4, -0.2) is 23.3 Å². The second kappa shape index (κ2) is 9.51. The number of azo groups is 1. The Morgan fingerprint density at radius 1 is 1.26 bits per heavy atom. The maximum absolute atomic E-state index is 12.0. The summed E-state index contributed by atoms with van der Waals surface area (Å²) in [5.41, 5.74) is 2.50. The minimum absolute atomic E-state index is 0.0807. The summed E-state index contributed by atoms with van der Waals surface area (Å²) in [4.78, 5) is 23.1. The number of hydrogen-bond acceptors (Lipinski definition) is 7. The van der Waals surface area contributed by atoms with Crippen molar-refractivity contribution in [1.29, 1.82) is 0 Å². The average molecular weight is 372 g/mol. The van der Waals surface area contributed by atoms with E-state index in [2.05, 4.69) is 20.5 Å². The van der Waals surface area contributed by atoms with Gasteiger partial charge in [0.1, 0.15) is 0 Å². The molecule has 8 nitrogen and oxygen atoms in total. The van der Waals surface area contributed by atoms with Gasteiger partial charge in [0.15, 0.2) is 6.42 Å². The van der Waals surface area contributed by atoms with Crippen LogP contribution in [0.5, 0.6) is 0 Å². The van der Waals surface area contributed by atoms with E-state index in [1.54, 1.807) is 13.1 Å². The van der Waals surface area contributed by atoms with Crippen molar-refractivity contribution in [3.05, 3.63) is 58.8 Å². The largest absolute Gasteiger partial charge is 0.592 e. The molecule has 0 aliphatic carbocycles.